The van der Waals surface area contributed by atoms with Gasteiger partial charge in [0, 0.05) is 17.3 Å². The molecule has 2 bridgehead atoms. The summed E-state index contributed by atoms with van der Waals surface area (Å²) in [5, 5.41) is 3.11. The van der Waals surface area contributed by atoms with Crippen molar-refractivity contribution < 1.29 is 13.2 Å². The molecule has 0 heterocycles. The highest BCUT2D eigenvalue weighted by molar-refractivity contribution is 7.92. The predicted octanol–water partition coefficient (Wildman–Crippen LogP) is 3.71. The highest BCUT2D eigenvalue weighted by Gasteiger charge is 2.40. The van der Waals surface area contributed by atoms with Gasteiger partial charge in [-0.15, -0.1) is 0 Å². The summed E-state index contributed by atoms with van der Waals surface area (Å²) in [5.74, 6) is 1.12. The van der Waals surface area contributed by atoms with Crippen LogP contribution in [0.25, 0.3) is 0 Å². The lowest BCUT2D eigenvalue weighted by Gasteiger charge is -2.23. The fourth-order valence-electron chi connectivity index (χ4n) is 4.40. The Morgan fingerprint density at radius 2 is 1.85 bits per heavy atom. The third kappa shape index (κ3) is 3.86. The summed E-state index contributed by atoms with van der Waals surface area (Å²) in [5.41, 5.74) is 1.85. The zero-order valence-corrected chi connectivity index (χ0v) is 16.1. The molecular formula is C21H24N2O3S. The number of nitrogens with one attached hydrogen (secondary N) is 2. The van der Waals surface area contributed by atoms with Crippen molar-refractivity contribution in [1.29, 1.82) is 0 Å². The van der Waals surface area contributed by atoms with E-state index in [-0.39, 0.29) is 16.8 Å². The molecule has 2 N–H and O–H groups in total. The van der Waals surface area contributed by atoms with E-state index in [4.69, 9.17) is 0 Å². The zero-order chi connectivity index (χ0) is 19.0. The van der Waals surface area contributed by atoms with Gasteiger partial charge in [-0.25, -0.2) is 8.42 Å². The van der Waals surface area contributed by atoms with Gasteiger partial charge in [-0.2, -0.15) is 0 Å². The summed E-state index contributed by atoms with van der Waals surface area (Å²) in [6.45, 7) is 1.90. The first-order chi connectivity index (χ1) is 12.9. The van der Waals surface area contributed by atoms with Gasteiger partial charge in [0.15, 0.2) is 0 Å². The van der Waals surface area contributed by atoms with Gasteiger partial charge in [0.05, 0.1) is 4.90 Å². The van der Waals surface area contributed by atoms with E-state index in [0.29, 0.717) is 17.2 Å². The van der Waals surface area contributed by atoms with E-state index in [9.17, 15) is 13.2 Å². The minimum absolute atomic E-state index is 0.0876. The Kier molecular flexibility index (Phi) is 4.68. The highest BCUT2D eigenvalue weighted by atomic mass is 32.2. The Balaban J connectivity index is 1.50. The number of benzene rings is 2. The van der Waals surface area contributed by atoms with Gasteiger partial charge in [-0.3, -0.25) is 9.52 Å². The van der Waals surface area contributed by atoms with Crippen LogP contribution in [0, 0.1) is 18.8 Å². The van der Waals surface area contributed by atoms with E-state index in [1.54, 1.807) is 30.3 Å². The minimum Gasteiger partial charge on any atom is -0.349 e. The summed E-state index contributed by atoms with van der Waals surface area (Å²) in [7, 11) is -3.75. The summed E-state index contributed by atoms with van der Waals surface area (Å²) in [4.78, 5) is 12.7. The molecule has 2 fully saturated rings. The molecule has 2 aliphatic carbocycles. The van der Waals surface area contributed by atoms with Crippen LogP contribution < -0.4 is 10.0 Å². The predicted molar refractivity (Wildman–Crippen MR) is 105 cm³/mol. The van der Waals surface area contributed by atoms with E-state index in [2.05, 4.69) is 10.0 Å². The van der Waals surface area contributed by atoms with Crippen LogP contribution in [0.15, 0.2) is 53.4 Å². The van der Waals surface area contributed by atoms with Crippen LogP contribution in [0.4, 0.5) is 5.69 Å². The molecule has 0 aliphatic heterocycles. The first kappa shape index (κ1) is 18.0. The van der Waals surface area contributed by atoms with Crippen LogP contribution in [0.1, 0.15) is 41.6 Å². The van der Waals surface area contributed by atoms with Gasteiger partial charge >= 0.3 is 0 Å². The lowest BCUT2D eigenvalue weighted by Crippen LogP contribution is -2.38. The van der Waals surface area contributed by atoms with E-state index < -0.39 is 10.0 Å². The van der Waals surface area contributed by atoms with Gasteiger partial charge in [0.2, 0.25) is 0 Å². The Morgan fingerprint density at radius 3 is 2.56 bits per heavy atom. The molecule has 1 amide bonds. The van der Waals surface area contributed by atoms with Gasteiger partial charge in [-0.05, 0) is 73.9 Å². The van der Waals surface area contributed by atoms with Gasteiger partial charge in [0.25, 0.3) is 15.9 Å². The Morgan fingerprint density at radius 1 is 1.04 bits per heavy atom. The molecule has 0 aromatic heterocycles. The first-order valence-electron chi connectivity index (χ1n) is 9.41. The molecule has 0 radical (unpaired) electrons. The normalized spacial score (nSPS) is 24.0. The Hall–Kier alpha value is -2.34. The van der Waals surface area contributed by atoms with E-state index in [1.807, 2.05) is 13.0 Å². The number of aryl methyl sites for hydroxylation is 1. The maximum Gasteiger partial charge on any atom is 0.261 e. The average Bonchev–Trinajstić information content (AvgIpc) is 3.24. The first-order valence-corrected chi connectivity index (χ1v) is 10.9. The molecule has 2 aromatic carbocycles. The Labute approximate surface area is 160 Å². The molecule has 2 aromatic rings. The molecule has 4 rings (SSSR count). The van der Waals surface area contributed by atoms with Crippen LogP contribution in [-0.2, 0) is 10.0 Å². The molecular weight excluding hydrogens is 360 g/mol. The molecule has 2 saturated carbocycles. The molecule has 0 saturated heterocycles. The van der Waals surface area contributed by atoms with Crippen LogP contribution in [0.2, 0.25) is 0 Å². The zero-order valence-electron chi connectivity index (χ0n) is 15.3. The van der Waals surface area contributed by atoms with Gasteiger partial charge < -0.3 is 5.32 Å². The number of hydrogen-bond donors (Lipinski definition) is 2. The second kappa shape index (κ2) is 7.00. The van der Waals surface area contributed by atoms with Crippen LogP contribution in [-0.4, -0.2) is 20.4 Å². The lowest BCUT2D eigenvalue weighted by atomic mass is 9.95. The largest absolute Gasteiger partial charge is 0.349 e. The molecule has 0 spiro atoms. The molecule has 6 heteroatoms. The van der Waals surface area contributed by atoms with Gasteiger partial charge in [0.1, 0.15) is 0 Å². The van der Waals surface area contributed by atoms with Crippen molar-refractivity contribution in [3.8, 4) is 0 Å². The van der Waals surface area contributed by atoms with Crippen molar-refractivity contribution in [1.82, 2.24) is 5.32 Å². The number of hydrogen-bond acceptors (Lipinski definition) is 3. The number of sulfonamides is 1. The number of rotatable bonds is 5. The summed E-state index contributed by atoms with van der Waals surface area (Å²) >= 11 is 0. The van der Waals surface area contributed by atoms with Crippen LogP contribution in [0.3, 0.4) is 0 Å². The fourth-order valence-corrected chi connectivity index (χ4v) is 5.50. The molecule has 142 valence electrons. The number of fused-ring (bicyclic) bond motifs is 2. The minimum atomic E-state index is -3.75. The van der Waals surface area contributed by atoms with Crippen molar-refractivity contribution in [2.75, 3.05) is 4.72 Å². The smallest absolute Gasteiger partial charge is 0.261 e. The van der Waals surface area contributed by atoms with Crippen molar-refractivity contribution >= 4 is 21.6 Å². The fraction of sp³-hybridized carbons (Fsp3) is 0.381. The average molecular weight is 385 g/mol. The number of anilines is 1. The SMILES string of the molecule is Cc1cccc(NS(=O)(=O)c2cccc(C(=O)N[C@@H]3C[C@@H]4CC[C@@H]3C4)c2)c1. The van der Waals surface area contributed by atoms with Crippen molar-refractivity contribution in [2.45, 2.75) is 43.5 Å². The third-order valence-electron chi connectivity index (χ3n) is 5.73. The topological polar surface area (TPSA) is 75.3 Å². The van der Waals surface area contributed by atoms with Crippen molar-refractivity contribution in [3.63, 3.8) is 0 Å². The lowest BCUT2D eigenvalue weighted by molar-refractivity contribution is 0.0922. The quantitative estimate of drug-likeness (QED) is 0.825. The van der Waals surface area contributed by atoms with E-state index in [1.165, 1.54) is 31.4 Å². The maximum atomic E-state index is 12.7. The third-order valence-corrected chi connectivity index (χ3v) is 7.11. The van der Waals surface area contributed by atoms with Crippen molar-refractivity contribution in [2.24, 2.45) is 11.8 Å². The molecule has 2 aliphatic rings. The summed E-state index contributed by atoms with van der Waals surface area (Å²) in [6, 6.07) is 13.6. The van der Waals surface area contributed by atoms with Crippen molar-refractivity contribution in [3.05, 3.63) is 59.7 Å². The second-order valence-corrected chi connectivity index (χ2v) is 9.44. The standard InChI is InChI=1S/C21H24N2O3S/c1-14-4-2-6-18(10-14)23-27(25,26)19-7-3-5-17(13-19)21(24)22-20-12-15-8-9-16(20)11-15/h2-7,10,13,15-16,20,23H,8-9,11-12H2,1H3,(H,22,24)/t15-,16-,20-/m1/s1. The monoisotopic (exact) mass is 384 g/mol. The number of carbonyl (C=O) groups is 1. The Bertz CT molecular complexity index is 971. The van der Waals surface area contributed by atoms with E-state index >= 15 is 0 Å². The van der Waals surface area contributed by atoms with Crippen LogP contribution in [0.5, 0.6) is 0 Å². The summed E-state index contributed by atoms with van der Waals surface area (Å²) < 4.78 is 28.0. The highest BCUT2D eigenvalue weighted by Crippen LogP contribution is 2.44. The number of amides is 1. The molecule has 27 heavy (non-hydrogen) atoms. The number of carbonyl (C=O) groups excluding carboxylic acids is 1. The second-order valence-electron chi connectivity index (χ2n) is 7.76. The summed E-state index contributed by atoms with van der Waals surface area (Å²) in [6.07, 6.45) is 4.71. The van der Waals surface area contributed by atoms with E-state index in [0.717, 1.165) is 17.9 Å². The molecule has 0 unspecified atom stereocenters. The maximum absolute atomic E-state index is 12.7. The van der Waals surface area contributed by atoms with Crippen LogP contribution >= 0.6 is 0 Å². The molecule has 5 nitrogen and oxygen atoms in total. The molecule has 3 atom stereocenters. The van der Waals surface area contributed by atoms with Gasteiger partial charge in [-0.1, -0.05) is 24.6 Å².